The minimum atomic E-state index is -0.221. The lowest BCUT2D eigenvalue weighted by Crippen LogP contribution is -1.76. The molecule has 84 valence electrons. The van der Waals surface area contributed by atoms with Crippen LogP contribution in [0.5, 0.6) is 0 Å². The molecule has 0 saturated heterocycles. The lowest BCUT2D eigenvalue weighted by molar-refractivity contribution is 0.627. The number of aromatic nitrogens is 1. The third kappa shape index (κ3) is 3.68. The van der Waals surface area contributed by atoms with Crippen LogP contribution >= 0.6 is 0 Å². The fraction of sp³-hybridized carbons (Fsp3) is 0. The number of benzene rings is 1. The highest BCUT2D eigenvalue weighted by atomic mass is 19.1. The van der Waals surface area contributed by atoms with Crippen molar-refractivity contribution in [1.29, 1.82) is 0 Å². The zero-order valence-corrected chi connectivity index (χ0v) is 9.25. The van der Waals surface area contributed by atoms with E-state index in [-0.39, 0.29) is 5.82 Å². The molecule has 2 heteroatoms. The van der Waals surface area contributed by atoms with Crippen molar-refractivity contribution in [1.82, 2.24) is 4.98 Å². The lowest BCUT2D eigenvalue weighted by atomic mass is 10.2. The van der Waals surface area contributed by atoms with E-state index in [1.165, 1.54) is 12.1 Å². The first-order chi connectivity index (χ1) is 8.34. The molecule has 1 heterocycles. The van der Waals surface area contributed by atoms with E-state index in [0.29, 0.717) is 0 Å². The molecule has 0 atom stereocenters. The minimum absolute atomic E-state index is 0.221. The number of hydrogen-bond donors (Lipinski definition) is 0. The van der Waals surface area contributed by atoms with Gasteiger partial charge in [0.2, 0.25) is 0 Å². The summed E-state index contributed by atoms with van der Waals surface area (Å²) in [4.78, 5) is 4.16. The van der Waals surface area contributed by atoms with Crippen LogP contribution in [0.3, 0.4) is 0 Å². The van der Waals surface area contributed by atoms with Gasteiger partial charge >= 0.3 is 0 Å². The van der Waals surface area contributed by atoms with Gasteiger partial charge in [-0.05, 0) is 35.9 Å². The van der Waals surface area contributed by atoms with Gasteiger partial charge in [-0.15, -0.1) is 0 Å². The standard InChI is InChI=1S/C15H12FN/c16-14-8-5-7-13(12-14)6-1-2-9-15-10-3-4-11-17-15/h1-12H/b6-1+,9-2+. The Hall–Kier alpha value is -2.22. The predicted octanol–water partition coefficient (Wildman–Crippen LogP) is 3.95. The van der Waals surface area contributed by atoms with Crippen LogP contribution in [0.15, 0.2) is 60.8 Å². The Morgan fingerprint density at radius 3 is 2.59 bits per heavy atom. The molecule has 0 aliphatic rings. The largest absolute Gasteiger partial charge is 0.257 e. The molecule has 0 fully saturated rings. The number of hydrogen-bond acceptors (Lipinski definition) is 1. The number of allylic oxidation sites excluding steroid dienone is 2. The number of rotatable bonds is 3. The normalized spacial score (nSPS) is 11.4. The third-order valence-corrected chi connectivity index (χ3v) is 2.20. The molecule has 0 aliphatic carbocycles. The van der Waals surface area contributed by atoms with Gasteiger partial charge in [-0.25, -0.2) is 4.39 Å². The Labute approximate surface area is 100.0 Å². The van der Waals surface area contributed by atoms with Crippen molar-refractivity contribution >= 4 is 12.2 Å². The van der Waals surface area contributed by atoms with E-state index in [1.54, 1.807) is 12.3 Å². The Kier molecular flexibility index (Phi) is 3.81. The fourth-order valence-electron chi connectivity index (χ4n) is 1.41. The molecule has 0 saturated carbocycles. The van der Waals surface area contributed by atoms with Gasteiger partial charge in [-0.2, -0.15) is 0 Å². The van der Waals surface area contributed by atoms with Crippen molar-refractivity contribution in [2.75, 3.05) is 0 Å². The van der Waals surface area contributed by atoms with Crippen LogP contribution in [0, 0.1) is 5.82 Å². The summed E-state index contributed by atoms with van der Waals surface area (Å²) < 4.78 is 12.9. The maximum atomic E-state index is 12.9. The van der Waals surface area contributed by atoms with E-state index in [1.807, 2.05) is 48.6 Å². The molecule has 0 aliphatic heterocycles. The molecule has 1 aromatic carbocycles. The number of pyridine rings is 1. The van der Waals surface area contributed by atoms with Crippen LogP contribution in [0.1, 0.15) is 11.3 Å². The summed E-state index contributed by atoms with van der Waals surface area (Å²) >= 11 is 0. The molecule has 0 amide bonds. The summed E-state index contributed by atoms with van der Waals surface area (Å²) in [6.45, 7) is 0. The summed E-state index contributed by atoms with van der Waals surface area (Å²) in [7, 11) is 0. The molecule has 0 radical (unpaired) electrons. The lowest BCUT2D eigenvalue weighted by Gasteiger charge is -1.91. The van der Waals surface area contributed by atoms with Crippen LogP contribution in [0.2, 0.25) is 0 Å². The zero-order valence-electron chi connectivity index (χ0n) is 9.25. The minimum Gasteiger partial charge on any atom is -0.257 e. The van der Waals surface area contributed by atoms with E-state index < -0.39 is 0 Å². The van der Waals surface area contributed by atoms with Crippen molar-refractivity contribution in [2.24, 2.45) is 0 Å². The Morgan fingerprint density at radius 1 is 0.941 bits per heavy atom. The van der Waals surface area contributed by atoms with Gasteiger partial charge in [0, 0.05) is 6.20 Å². The van der Waals surface area contributed by atoms with Crippen molar-refractivity contribution in [3.05, 3.63) is 77.9 Å². The highest BCUT2D eigenvalue weighted by Crippen LogP contribution is 2.05. The Bertz CT molecular complexity index is 530. The SMILES string of the molecule is Fc1cccc(/C=C/C=C/c2ccccn2)c1. The fourth-order valence-corrected chi connectivity index (χ4v) is 1.41. The van der Waals surface area contributed by atoms with Crippen molar-refractivity contribution in [3.8, 4) is 0 Å². The maximum Gasteiger partial charge on any atom is 0.123 e. The average Bonchev–Trinajstić information content (AvgIpc) is 2.36. The van der Waals surface area contributed by atoms with Gasteiger partial charge in [0.05, 0.1) is 5.69 Å². The summed E-state index contributed by atoms with van der Waals surface area (Å²) in [5.41, 5.74) is 1.74. The van der Waals surface area contributed by atoms with Crippen LogP contribution in [0.4, 0.5) is 4.39 Å². The molecule has 17 heavy (non-hydrogen) atoms. The van der Waals surface area contributed by atoms with Gasteiger partial charge in [0.15, 0.2) is 0 Å². The Morgan fingerprint density at radius 2 is 1.82 bits per heavy atom. The first kappa shape index (κ1) is 11.3. The van der Waals surface area contributed by atoms with Gasteiger partial charge in [-0.1, -0.05) is 36.4 Å². The molecule has 1 aromatic heterocycles. The summed E-state index contributed by atoms with van der Waals surface area (Å²) in [6, 6.07) is 12.2. The van der Waals surface area contributed by atoms with Crippen molar-refractivity contribution in [3.63, 3.8) is 0 Å². The topological polar surface area (TPSA) is 12.9 Å². The second kappa shape index (κ2) is 5.75. The van der Waals surface area contributed by atoms with Crippen molar-refractivity contribution in [2.45, 2.75) is 0 Å². The van der Waals surface area contributed by atoms with Crippen molar-refractivity contribution < 1.29 is 4.39 Å². The van der Waals surface area contributed by atoms with Gasteiger partial charge < -0.3 is 0 Å². The second-order valence-electron chi connectivity index (χ2n) is 3.53. The highest BCUT2D eigenvalue weighted by Gasteiger charge is 1.88. The second-order valence-corrected chi connectivity index (χ2v) is 3.53. The first-order valence-corrected chi connectivity index (χ1v) is 5.36. The molecular formula is C15H12FN. The van der Waals surface area contributed by atoms with Gasteiger partial charge in [0.25, 0.3) is 0 Å². The van der Waals surface area contributed by atoms with E-state index in [9.17, 15) is 4.39 Å². The molecule has 0 unspecified atom stereocenters. The van der Waals surface area contributed by atoms with E-state index in [0.717, 1.165) is 11.3 Å². The van der Waals surface area contributed by atoms with Gasteiger partial charge in [-0.3, -0.25) is 4.98 Å². The van der Waals surface area contributed by atoms with Crippen LogP contribution in [-0.4, -0.2) is 4.98 Å². The van der Waals surface area contributed by atoms with Crippen LogP contribution in [0.25, 0.3) is 12.2 Å². The molecule has 1 nitrogen and oxygen atoms in total. The molecule has 0 bridgehead atoms. The third-order valence-electron chi connectivity index (χ3n) is 2.20. The molecule has 2 rings (SSSR count). The summed E-state index contributed by atoms with van der Waals surface area (Å²) in [5.74, 6) is -0.221. The highest BCUT2D eigenvalue weighted by molar-refractivity contribution is 5.55. The average molecular weight is 225 g/mol. The summed E-state index contributed by atoms with van der Waals surface area (Å²) in [5, 5.41) is 0. The first-order valence-electron chi connectivity index (χ1n) is 5.36. The quantitative estimate of drug-likeness (QED) is 0.721. The van der Waals surface area contributed by atoms with E-state index >= 15 is 0 Å². The van der Waals surface area contributed by atoms with Gasteiger partial charge in [0.1, 0.15) is 5.82 Å². The molecular weight excluding hydrogens is 213 g/mol. The molecule has 2 aromatic rings. The monoisotopic (exact) mass is 225 g/mol. The molecule has 0 spiro atoms. The Balaban J connectivity index is 2.01. The zero-order chi connectivity index (χ0) is 11.9. The molecule has 0 N–H and O–H groups in total. The summed E-state index contributed by atoms with van der Waals surface area (Å²) in [6.07, 6.45) is 9.24. The van der Waals surface area contributed by atoms with E-state index in [2.05, 4.69) is 4.98 Å². The van der Waals surface area contributed by atoms with E-state index in [4.69, 9.17) is 0 Å². The van der Waals surface area contributed by atoms with Crippen LogP contribution in [-0.2, 0) is 0 Å². The van der Waals surface area contributed by atoms with Crippen LogP contribution < -0.4 is 0 Å². The maximum absolute atomic E-state index is 12.9. The number of halogens is 1. The smallest absolute Gasteiger partial charge is 0.123 e. The predicted molar refractivity (Wildman–Crippen MR) is 68.7 cm³/mol. The number of nitrogens with zero attached hydrogens (tertiary/aromatic N) is 1.